The third-order valence-corrected chi connectivity index (χ3v) is 3.05. The van der Waals surface area contributed by atoms with E-state index in [1.165, 1.54) is 12.4 Å². The van der Waals surface area contributed by atoms with Crippen LogP contribution in [0.15, 0.2) is 30.6 Å². The van der Waals surface area contributed by atoms with Crippen LogP contribution in [-0.4, -0.2) is 22.9 Å². The molecule has 5 heteroatoms. The number of benzene rings is 1. The standard InChI is InChI=1S/C14H14ClN3O/c1-9-4-5-12(10(2)6-9)18(3)14(19)11-7-17-13(15)8-16-11/h4-8H,1-3H3. The number of hydrogen-bond donors (Lipinski definition) is 0. The molecule has 4 nitrogen and oxygen atoms in total. The van der Waals surface area contributed by atoms with Gasteiger partial charge in [-0.25, -0.2) is 9.97 Å². The average Bonchev–Trinajstić information content (AvgIpc) is 2.38. The van der Waals surface area contributed by atoms with Crippen molar-refractivity contribution < 1.29 is 4.79 Å². The number of anilines is 1. The summed E-state index contributed by atoms with van der Waals surface area (Å²) in [6, 6.07) is 5.93. The van der Waals surface area contributed by atoms with Crippen LogP contribution in [0, 0.1) is 13.8 Å². The van der Waals surface area contributed by atoms with Gasteiger partial charge < -0.3 is 4.90 Å². The summed E-state index contributed by atoms with van der Waals surface area (Å²) in [5, 5.41) is 0.269. The van der Waals surface area contributed by atoms with E-state index >= 15 is 0 Å². The van der Waals surface area contributed by atoms with E-state index in [-0.39, 0.29) is 16.8 Å². The molecule has 2 rings (SSSR count). The molecule has 1 aromatic heterocycles. The van der Waals surface area contributed by atoms with Crippen LogP contribution in [0.5, 0.6) is 0 Å². The highest BCUT2D eigenvalue weighted by atomic mass is 35.5. The minimum atomic E-state index is -0.212. The highest BCUT2D eigenvalue weighted by Gasteiger charge is 2.16. The second-order valence-electron chi connectivity index (χ2n) is 4.38. The summed E-state index contributed by atoms with van der Waals surface area (Å²) >= 11 is 5.66. The van der Waals surface area contributed by atoms with Gasteiger partial charge in [0.15, 0.2) is 0 Å². The van der Waals surface area contributed by atoms with E-state index in [4.69, 9.17) is 11.6 Å². The van der Waals surface area contributed by atoms with Gasteiger partial charge in [0.25, 0.3) is 5.91 Å². The molecule has 0 N–H and O–H groups in total. The molecule has 0 bridgehead atoms. The minimum absolute atomic E-state index is 0.212. The molecule has 1 amide bonds. The van der Waals surface area contributed by atoms with Crippen LogP contribution in [0.25, 0.3) is 0 Å². The van der Waals surface area contributed by atoms with E-state index < -0.39 is 0 Å². The lowest BCUT2D eigenvalue weighted by atomic mass is 10.1. The fourth-order valence-electron chi connectivity index (χ4n) is 1.89. The van der Waals surface area contributed by atoms with Crippen molar-refractivity contribution in [2.24, 2.45) is 0 Å². The molecule has 0 radical (unpaired) electrons. The van der Waals surface area contributed by atoms with Crippen molar-refractivity contribution in [1.82, 2.24) is 9.97 Å². The van der Waals surface area contributed by atoms with E-state index in [0.717, 1.165) is 16.8 Å². The van der Waals surface area contributed by atoms with Crippen molar-refractivity contribution in [2.75, 3.05) is 11.9 Å². The van der Waals surface area contributed by atoms with Crippen molar-refractivity contribution in [2.45, 2.75) is 13.8 Å². The molecule has 0 atom stereocenters. The van der Waals surface area contributed by atoms with E-state index in [2.05, 4.69) is 9.97 Å². The van der Waals surface area contributed by atoms with Crippen LogP contribution in [0.4, 0.5) is 5.69 Å². The van der Waals surface area contributed by atoms with Crippen LogP contribution < -0.4 is 4.90 Å². The molecular formula is C14H14ClN3O. The average molecular weight is 276 g/mol. The molecule has 0 saturated carbocycles. The van der Waals surface area contributed by atoms with Crippen LogP contribution in [-0.2, 0) is 0 Å². The van der Waals surface area contributed by atoms with Gasteiger partial charge in [0, 0.05) is 12.7 Å². The first-order chi connectivity index (χ1) is 8.99. The lowest BCUT2D eigenvalue weighted by molar-refractivity contribution is 0.0987. The van der Waals surface area contributed by atoms with E-state index in [0.29, 0.717) is 0 Å². The Bertz CT molecular complexity index is 611. The zero-order chi connectivity index (χ0) is 14.0. The lowest BCUT2D eigenvalue weighted by Gasteiger charge is -2.19. The quantitative estimate of drug-likeness (QED) is 0.846. The lowest BCUT2D eigenvalue weighted by Crippen LogP contribution is -2.27. The smallest absolute Gasteiger partial charge is 0.278 e. The molecular weight excluding hydrogens is 262 g/mol. The predicted molar refractivity (Wildman–Crippen MR) is 75.7 cm³/mol. The van der Waals surface area contributed by atoms with Gasteiger partial charge in [-0.3, -0.25) is 4.79 Å². The molecule has 0 aliphatic rings. The first kappa shape index (κ1) is 13.5. The third-order valence-electron chi connectivity index (χ3n) is 2.86. The molecule has 0 aliphatic heterocycles. The van der Waals surface area contributed by atoms with Crippen molar-refractivity contribution in [1.29, 1.82) is 0 Å². The maximum atomic E-state index is 12.3. The van der Waals surface area contributed by atoms with Gasteiger partial charge in [0.05, 0.1) is 12.4 Å². The molecule has 0 unspecified atom stereocenters. The van der Waals surface area contributed by atoms with E-state index in [9.17, 15) is 4.79 Å². The fourth-order valence-corrected chi connectivity index (χ4v) is 1.98. The van der Waals surface area contributed by atoms with Gasteiger partial charge in [-0.05, 0) is 25.5 Å². The molecule has 2 aromatic rings. The maximum Gasteiger partial charge on any atom is 0.278 e. The Labute approximate surface area is 117 Å². The fraction of sp³-hybridized carbons (Fsp3) is 0.214. The summed E-state index contributed by atoms with van der Waals surface area (Å²) in [6.45, 7) is 3.99. The topological polar surface area (TPSA) is 46.1 Å². The molecule has 0 saturated heterocycles. The van der Waals surface area contributed by atoms with E-state index in [1.54, 1.807) is 11.9 Å². The number of hydrogen-bond acceptors (Lipinski definition) is 3. The summed E-state index contributed by atoms with van der Waals surface area (Å²) in [4.78, 5) is 21.7. The highest BCUT2D eigenvalue weighted by Crippen LogP contribution is 2.21. The van der Waals surface area contributed by atoms with Crippen molar-refractivity contribution in [3.05, 3.63) is 52.6 Å². The minimum Gasteiger partial charge on any atom is -0.310 e. The van der Waals surface area contributed by atoms with Gasteiger partial charge in [-0.15, -0.1) is 0 Å². The van der Waals surface area contributed by atoms with Gasteiger partial charge in [-0.2, -0.15) is 0 Å². The number of aryl methyl sites for hydroxylation is 2. The normalized spacial score (nSPS) is 10.3. The summed E-state index contributed by atoms with van der Waals surface area (Å²) in [6.07, 6.45) is 2.75. The van der Waals surface area contributed by atoms with Gasteiger partial charge in [0.2, 0.25) is 0 Å². The zero-order valence-electron chi connectivity index (χ0n) is 11.0. The number of amides is 1. The Morgan fingerprint density at radius 1 is 1.21 bits per heavy atom. The monoisotopic (exact) mass is 275 g/mol. The number of aromatic nitrogens is 2. The van der Waals surface area contributed by atoms with Crippen molar-refractivity contribution in [3.63, 3.8) is 0 Å². The second-order valence-corrected chi connectivity index (χ2v) is 4.77. The molecule has 98 valence electrons. The second kappa shape index (κ2) is 5.36. The number of carbonyl (C=O) groups is 1. The van der Waals surface area contributed by atoms with Crippen LogP contribution >= 0.6 is 11.6 Å². The third kappa shape index (κ3) is 2.90. The Balaban J connectivity index is 2.30. The molecule has 1 aromatic carbocycles. The maximum absolute atomic E-state index is 12.3. The molecule has 0 fully saturated rings. The Morgan fingerprint density at radius 3 is 2.53 bits per heavy atom. The first-order valence-corrected chi connectivity index (χ1v) is 6.19. The summed E-state index contributed by atoms with van der Waals surface area (Å²) in [7, 11) is 1.72. The number of nitrogens with zero attached hydrogens (tertiary/aromatic N) is 3. The Hall–Kier alpha value is -1.94. The highest BCUT2D eigenvalue weighted by molar-refractivity contribution is 6.29. The van der Waals surface area contributed by atoms with Crippen LogP contribution in [0.2, 0.25) is 5.15 Å². The summed E-state index contributed by atoms with van der Waals surface area (Å²) in [5.74, 6) is -0.212. The predicted octanol–water partition coefficient (Wildman–Crippen LogP) is 3.02. The summed E-state index contributed by atoms with van der Waals surface area (Å²) in [5.41, 5.74) is 3.32. The van der Waals surface area contributed by atoms with Gasteiger partial charge >= 0.3 is 0 Å². The van der Waals surface area contributed by atoms with Crippen LogP contribution in [0.3, 0.4) is 0 Å². The largest absolute Gasteiger partial charge is 0.310 e. The SMILES string of the molecule is Cc1ccc(N(C)C(=O)c2cnc(Cl)cn2)c(C)c1. The zero-order valence-corrected chi connectivity index (χ0v) is 11.8. The van der Waals surface area contributed by atoms with Gasteiger partial charge in [0.1, 0.15) is 10.8 Å². The summed E-state index contributed by atoms with van der Waals surface area (Å²) < 4.78 is 0. The van der Waals surface area contributed by atoms with Crippen LogP contribution in [0.1, 0.15) is 21.6 Å². The van der Waals surface area contributed by atoms with Gasteiger partial charge in [-0.1, -0.05) is 29.3 Å². The van der Waals surface area contributed by atoms with Crippen molar-refractivity contribution in [3.8, 4) is 0 Å². The molecule has 0 spiro atoms. The molecule has 1 heterocycles. The van der Waals surface area contributed by atoms with Crippen molar-refractivity contribution >= 4 is 23.2 Å². The molecule has 0 aliphatic carbocycles. The molecule has 19 heavy (non-hydrogen) atoms. The first-order valence-electron chi connectivity index (χ1n) is 5.82. The number of carbonyl (C=O) groups excluding carboxylic acids is 1. The Morgan fingerprint density at radius 2 is 1.95 bits per heavy atom. The Kier molecular flexibility index (Phi) is 3.81. The van der Waals surface area contributed by atoms with E-state index in [1.807, 2.05) is 32.0 Å². The number of halogens is 1. The number of rotatable bonds is 2.